The second kappa shape index (κ2) is 14.5. The molecule has 0 unspecified atom stereocenters. The number of halogens is 5. The van der Waals surface area contributed by atoms with Crippen LogP contribution in [-0.2, 0) is 51.1 Å². The van der Waals surface area contributed by atoms with Gasteiger partial charge in [0.15, 0.2) is 0 Å². The minimum absolute atomic E-state index is 0.0185. The highest BCUT2D eigenvalue weighted by Crippen LogP contribution is 2.48. The van der Waals surface area contributed by atoms with Crippen LogP contribution < -0.4 is 0 Å². The largest absolute Gasteiger partial charge is 0.416 e. The molecule has 2 atom stereocenters. The first-order valence-electron chi connectivity index (χ1n) is 17.0. The lowest BCUT2D eigenvalue weighted by Crippen LogP contribution is -2.49. The van der Waals surface area contributed by atoms with Crippen LogP contribution in [0.5, 0.6) is 0 Å². The molecule has 2 aliphatic heterocycles. The molecule has 0 bridgehead atoms. The molecule has 2 heterocycles. The Morgan fingerprint density at radius 1 is 1.02 bits per heavy atom. The highest BCUT2D eigenvalue weighted by molar-refractivity contribution is 5.77. The van der Waals surface area contributed by atoms with Crippen LogP contribution in [0.25, 0.3) is 0 Å². The van der Waals surface area contributed by atoms with Gasteiger partial charge in [0.25, 0.3) is 0 Å². The Kier molecular flexibility index (Phi) is 10.5. The molecule has 2 saturated heterocycles. The summed E-state index contributed by atoms with van der Waals surface area (Å²) in [6.07, 6.45) is -1.57. The van der Waals surface area contributed by atoms with Crippen molar-refractivity contribution in [2.75, 3.05) is 53.1 Å². The molecule has 6 nitrogen and oxygen atoms in total. The topological polar surface area (TPSA) is 45.2 Å². The van der Waals surface area contributed by atoms with E-state index in [1.807, 2.05) is 17.9 Å². The fraction of sp³-hybridized carbons (Fsp3) is 0.500. The van der Waals surface area contributed by atoms with E-state index in [4.69, 9.17) is 9.47 Å². The number of nitrogens with zero attached hydrogens (tertiary/aromatic N) is 3. The molecule has 264 valence electrons. The number of hydrogen-bond acceptors (Lipinski definition) is 5. The van der Waals surface area contributed by atoms with Gasteiger partial charge in [0.2, 0.25) is 5.91 Å². The number of hydrogen-bond donors (Lipinski definition) is 0. The van der Waals surface area contributed by atoms with E-state index in [2.05, 4.69) is 23.1 Å². The Labute approximate surface area is 284 Å². The molecule has 6 rings (SSSR count). The molecular weight excluding hydrogens is 641 g/mol. The van der Waals surface area contributed by atoms with Crippen molar-refractivity contribution in [3.05, 3.63) is 106 Å². The summed E-state index contributed by atoms with van der Waals surface area (Å²) in [6.45, 7) is 4.67. The molecule has 1 spiro atoms. The molecule has 1 amide bonds. The van der Waals surface area contributed by atoms with Gasteiger partial charge in [0.05, 0.1) is 11.7 Å². The molecule has 3 aromatic rings. The minimum atomic E-state index is -4.58. The number of piperidine rings is 1. The number of amides is 1. The number of ether oxygens (including phenoxy) is 2. The number of likely N-dealkylation sites (N-methyl/N-ethyl adjacent to an activating group) is 1. The predicted molar refractivity (Wildman–Crippen MR) is 176 cm³/mol. The van der Waals surface area contributed by atoms with E-state index in [0.29, 0.717) is 31.6 Å². The normalized spacial score (nSPS) is 22.5. The first kappa shape index (κ1) is 35.4. The number of likely N-dealkylation sites (tertiary alicyclic amines) is 1. The molecule has 1 aliphatic carbocycles. The van der Waals surface area contributed by atoms with Gasteiger partial charge in [0.1, 0.15) is 31.4 Å². The maximum absolute atomic E-state index is 14.0. The standard InChI is InChI=1S/C38H44F5N3O3/c1-3-44(2)35(47)24-48-34-21-29-6-4-5-7-33(29)36(34)12-15-45(16-13-36)17-14-37(30-8-10-32(40)11-9-30)25-46(26-49-37)23-28-18-27(22-39)19-31(20-28)38(41,42)43/h4-11,18-20,34H,3,12-17,21-26H2,1-2H3/t34-,37-/m0/s1. The van der Waals surface area contributed by atoms with Gasteiger partial charge in [-0.05, 0) is 97.8 Å². The number of alkyl halides is 4. The molecule has 3 aliphatic rings. The van der Waals surface area contributed by atoms with Crippen LogP contribution in [0, 0.1) is 5.82 Å². The van der Waals surface area contributed by atoms with Crippen LogP contribution in [0.3, 0.4) is 0 Å². The van der Waals surface area contributed by atoms with Gasteiger partial charge in [-0.25, -0.2) is 8.78 Å². The summed E-state index contributed by atoms with van der Waals surface area (Å²) < 4.78 is 80.9. The molecule has 49 heavy (non-hydrogen) atoms. The number of fused-ring (bicyclic) bond motifs is 2. The maximum Gasteiger partial charge on any atom is 0.416 e. The monoisotopic (exact) mass is 685 g/mol. The highest BCUT2D eigenvalue weighted by Gasteiger charge is 2.49. The van der Waals surface area contributed by atoms with Crippen molar-refractivity contribution in [1.82, 2.24) is 14.7 Å². The van der Waals surface area contributed by atoms with Crippen molar-refractivity contribution in [1.29, 1.82) is 0 Å². The highest BCUT2D eigenvalue weighted by atomic mass is 19.4. The first-order valence-corrected chi connectivity index (χ1v) is 17.0. The first-order chi connectivity index (χ1) is 23.4. The number of carbonyl (C=O) groups is 1. The van der Waals surface area contributed by atoms with Crippen molar-refractivity contribution in [2.45, 2.75) is 69.1 Å². The van der Waals surface area contributed by atoms with Gasteiger partial charge in [-0.3, -0.25) is 9.69 Å². The van der Waals surface area contributed by atoms with Crippen LogP contribution in [0.1, 0.15) is 59.6 Å². The van der Waals surface area contributed by atoms with Gasteiger partial charge in [-0.1, -0.05) is 42.5 Å². The Hall–Kier alpha value is -3.38. The third-order valence-electron chi connectivity index (χ3n) is 10.8. The molecule has 0 N–H and O–H groups in total. The summed E-state index contributed by atoms with van der Waals surface area (Å²) >= 11 is 0. The molecule has 2 fully saturated rings. The van der Waals surface area contributed by atoms with Gasteiger partial charge < -0.3 is 19.3 Å². The van der Waals surface area contributed by atoms with Crippen molar-refractivity contribution < 1.29 is 36.2 Å². The summed E-state index contributed by atoms with van der Waals surface area (Å²) in [5.41, 5.74) is 1.86. The third kappa shape index (κ3) is 7.55. The summed E-state index contributed by atoms with van der Waals surface area (Å²) in [4.78, 5) is 18.6. The lowest BCUT2D eigenvalue weighted by Gasteiger charge is -2.44. The van der Waals surface area contributed by atoms with Crippen molar-refractivity contribution >= 4 is 5.91 Å². The molecule has 3 aromatic carbocycles. The van der Waals surface area contributed by atoms with Gasteiger partial charge in [-0.15, -0.1) is 0 Å². The fourth-order valence-corrected chi connectivity index (χ4v) is 7.88. The third-order valence-corrected chi connectivity index (χ3v) is 10.8. The maximum atomic E-state index is 14.0. The zero-order valence-electron chi connectivity index (χ0n) is 28.1. The molecule has 0 radical (unpaired) electrons. The van der Waals surface area contributed by atoms with E-state index in [-0.39, 0.29) is 48.7 Å². The predicted octanol–water partition coefficient (Wildman–Crippen LogP) is 6.84. The zero-order valence-corrected chi connectivity index (χ0v) is 28.1. The van der Waals surface area contributed by atoms with Crippen molar-refractivity contribution in [3.63, 3.8) is 0 Å². The SMILES string of the molecule is CCN(C)C(=O)CO[C@H]1Cc2ccccc2C12CCN(CC[C@@]1(c3ccc(F)cc3)CN(Cc3cc(CF)cc(C(F)(F)F)c3)CO1)CC2. The average Bonchev–Trinajstić information content (AvgIpc) is 3.65. The fourth-order valence-electron chi connectivity index (χ4n) is 7.88. The van der Waals surface area contributed by atoms with Crippen molar-refractivity contribution in [2.24, 2.45) is 0 Å². The minimum Gasteiger partial charge on any atom is -0.367 e. The van der Waals surface area contributed by atoms with Gasteiger partial charge >= 0.3 is 6.18 Å². The van der Waals surface area contributed by atoms with Crippen molar-refractivity contribution in [3.8, 4) is 0 Å². The quantitative estimate of drug-likeness (QED) is 0.207. The summed E-state index contributed by atoms with van der Waals surface area (Å²) in [5.74, 6) is -0.395. The number of rotatable bonds is 11. The van der Waals surface area contributed by atoms with E-state index >= 15 is 0 Å². The van der Waals surface area contributed by atoms with Crippen LogP contribution in [0.4, 0.5) is 22.0 Å². The molecule has 11 heteroatoms. The Balaban J connectivity index is 1.15. The van der Waals surface area contributed by atoms with Crippen LogP contribution >= 0.6 is 0 Å². The number of carbonyl (C=O) groups excluding carboxylic acids is 1. The lowest BCUT2D eigenvalue weighted by molar-refractivity contribution is -0.139. The Bertz CT molecular complexity index is 1610. The summed E-state index contributed by atoms with van der Waals surface area (Å²) in [5, 5.41) is 0. The summed E-state index contributed by atoms with van der Waals surface area (Å²) in [7, 11) is 1.78. The Morgan fingerprint density at radius 2 is 1.73 bits per heavy atom. The molecular formula is C38H44F5N3O3. The van der Waals surface area contributed by atoms with Crippen LogP contribution in [-0.4, -0.2) is 79.8 Å². The van der Waals surface area contributed by atoms with E-state index in [1.54, 1.807) is 24.1 Å². The van der Waals surface area contributed by atoms with Gasteiger partial charge in [0, 0.05) is 38.6 Å². The average molecular weight is 686 g/mol. The second-order valence-electron chi connectivity index (χ2n) is 13.7. The smallest absolute Gasteiger partial charge is 0.367 e. The van der Waals surface area contributed by atoms with E-state index in [0.717, 1.165) is 50.0 Å². The van der Waals surface area contributed by atoms with E-state index in [1.165, 1.54) is 29.3 Å². The van der Waals surface area contributed by atoms with E-state index < -0.39 is 24.0 Å². The zero-order chi connectivity index (χ0) is 34.8. The lowest BCUT2D eigenvalue weighted by atomic mass is 9.72. The molecule has 0 aromatic heterocycles. The Morgan fingerprint density at radius 3 is 2.43 bits per heavy atom. The van der Waals surface area contributed by atoms with Gasteiger partial charge in [-0.2, -0.15) is 13.2 Å². The number of benzene rings is 3. The summed E-state index contributed by atoms with van der Waals surface area (Å²) in [6, 6.07) is 18.1. The van der Waals surface area contributed by atoms with Crippen LogP contribution in [0.15, 0.2) is 66.7 Å². The second-order valence-corrected chi connectivity index (χ2v) is 13.7. The van der Waals surface area contributed by atoms with E-state index in [9.17, 15) is 26.7 Å². The molecule has 0 saturated carbocycles. The van der Waals surface area contributed by atoms with Crippen LogP contribution in [0.2, 0.25) is 0 Å².